The Bertz CT molecular complexity index is 270. The van der Waals surface area contributed by atoms with Gasteiger partial charge < -0.3 is 15.7 Å². The molecule has 0 aliphatic rings. The molecule has 0 fully saturated rings. The fraction of sp³-hybridized carbons (Fsp3) is 0.200. The molecule has 12 heavy (non-hydrogen) atoms. The standard InChI is InChI=1S/C5H6B2N4O/c6-3-1-9-5(4(8)11-3)10-2-12-7/h1H,2H2,(H2,8,11)(H,9,10). The number of aromatic nitrogens is 2. The van der Waals surface area contributed by atoms with Crippen LogP contribution in [0.1, 0.15) is 0 Å². The van der Waals surface area contributed by atoms with Gasteiger partial charge >= 0.3 is 0 Å². The van der Waals surface area contributed by atoms with Gasteiger partial charge in [0.15, 0.2) is 11.6 Å². The Morgan fingerprint density at radius 3 is 3.00 bits per heavy atom. The van der Waals surface area contributed by atoms with Crippen LogP contribution in [-0.4, -0.2) is 32.6 Å². The van der Waals surface area contributed by atoms with Crippen LogP contribution in [0, 0.1) is 0 Å². The molecule has 4 radical (unpaired) electrons. The molecule has 5 nitrogen and oxygen atoms in total. The molecule has 0 aliphatic heterocycles. The van der Waals surface area contributed by atoms with Gasteiger partial charge in [0.2, 0.25) is 0 Å². The minimum atomic E-state index is 0.114. The average Bonchev–Trinajstić information content (AvgIpc) is 2.03. The van der Waals surface area contributed by atoms with Gasteiger partial charge in [-0.15, -0.1) is 0 Å². The first kappa shape index (κ1) is 8.86. The third kappa shape index (κ3) is 2.13. The van der Waals surface area contributed by atoms with Crippen molar-refractivity contribution in [1.29, 1.82) is 0 Å². The summed E-state index contributed by atoms with van der Waals surface area (Å²) in [7, 11) is 10.1. The summed E-state index contributed by atoms with van der Waals surface area (Å²) in [5, 5.41) is 2.69. The van der Waals surface area contributed by atoms with Crippen LogP contribution in [0.2, 0.25) is 0 Å². The lowest BCUT2D eigenvalue weighted by molar-refractivity contribution is 0.382. The van der Waals surface area contributed by atoms with Gasteiger partial charge in [-0.2, -0.15) is 0 Å². The molecule has 0 saturated heterocycles. The first-order valence-electron chi connectivity index (χ1n) is 3.17. The molecule has 0 aromatic carbocycles. The Balaban J connectivity index is 2.72. The van der Waals surface area contributed by atoms with E-state index in [1.807, 2.05) is 0 Å². The van der Waals surface area contributed by atoms with Gasteiger partial charge in [0.1, 0.15) is 14.6 Å². The maximum absolute atomic E-state index is 5.45. The second-order valence-electron chi connectivity index (χ2n) is 2.02. The number of hydrogen-bond donors (Lipinski definition) is 2. The molecule has 7 heteroatoms. The van der Waals surface area contributed by atoms with Crippen LogP contribution in [0.3, 0.4) is 0 Å². The SMILES string of the molecule is [B]OCNc1ncc([B])nc1N. The van der Waals surface area contributed by atoms with E-state index < -0.39 is 0 Å². The summed E-state index contributed by atoms with van der Waals surface area (Å²) in [6.45, 7) is 0.114. The molecule has 0 amide bonds. The van der Waals surface area contributed by atoms with Crippen molar-refractivity contribution in [2.75, 3.05) is 17.8 Å². The van der Waals surface area contributed by atoms with Gasteiger partial charge in [0.05, 0.1) is 0 Å². The van der Waals surface area contributed by atoms with E-state index in [0.29, 0.717) is 5.82 Å². The van der Waals surface area contributed by atoms with Crippen LogP contribution < -0.4 is 16.6 Å². The lowest BCUT2D eigenvalue weighted by Gasteiger charge is -2.06. The van der Waals surface area contributed by atoms with Crippen LogP contribution in [0.5, 0.6) is 0 Å². The summed E-state index contributed by atoms with van der Waals surface area (Å²) < 4.78 is 4.27. The van der Waals surface area contributed by atoms with Crippen molar-refractivity contribution in [2.45, 2.75) is 0 Å². The maximum Gasteiger partial charge on any atom is 0.285 e. The van der Waals surface area contributed by atoms with E-state index in [1.165, 1.54) is 6.20 Å². The van der Waals surface area contributed by atoms with Crippen molar-refractivity contribution >= 4 is 33.1 Å². The molecule has 0 aliphatic carbocycles. The molecule has 58 valence electrons. The minimum absolute atomic E-state index is 0.114. The summed E-state index contributed by atoms with van der Waals surface area (Å²) in [4.78, 5) is 7.62. The summed E-state index contributed by atoms with van der Waals surface area (Å²) in [5.41, 5.74) is 5.72. The molecular weight excluding hydrogens is 154 g/mol. The van der Waals surface area contributed by atoms with Gasteiger partial charge in [-0.25, -0.2) is 9.97 Å². The topological polar surface area (TPSA) is 73.1 Å². The van der Waals surface area contributed by atoms with Crippen LogP contribution in [0.15, 0.2) is 6.20 Å². The van der Waals surface area contributed by atoms with Gasteiger partial charge in [0.25, 0.3) is 8.05 Å². The average molecular weight is 160 g/mol. The van der Waals surface area contributed by atoms with E-state index in [4.69, 9.17) is 21.6 Å². The first-order chi connectivity index (χ1) is 5.74. The number of hydrogen-bond acceptors (Lipinski definition) is 5. The predicted octanol–water partition coefficient (Wildman–Crippen LogP) is -1.68. The Labute approximate surface area is 72.6 Å². The highest BCUT2D eigenvalue weighted by Crippen LogP contribution is 2.07. The molecule has 0 spiro atoms. The highest BCUT2D eigenvalue weighted by atomic mass is 16.4. The number of nitrogens with two attached hydrogens (primary N) is 1. The third-order valence-electron chi connectivity index (χ3n) is 1.14. The Morgan fingerprint density at radius 2 is 2.42 bits per heavy atom. The van der Waals surface area contributed by atoms with Crippen molar-refractivity contribution in [3.63, 3.8) is 0 Å². The molecular formula is C5H6B2N4O. The number of nitrogens with zero attached hydrogens (tertiary/aromatic N) is 2. The number of nitrogens with one attached hydrogen (secondary N) is 1. The van der Waals surface area contributed by atoms with Gasteiger partial charge in [-0.05, 0) is 0 Å². The smallest absolute Gasteiger partial charge is 0.285 e. The van der Waals surface area contributed by atoms with E-state index in [9.17, 15) is 0 Å². The molecule has 1 aromatic heterocycles. The highest BCUT2D eigenvalue weighted by Gasteiger charge is 1.99. The van der Waals surface area contributed by atoms with E-state index >= 15 is 0 Å². The van der Waals surface area contributed by atoms with Crippen molar-refractivity contribution in [3.05, 3.63) is 6.20 Å². The zero-order valence-electron chi connectivity index (χ0n) is 6.32. The maximum atomic E-state index is 5.45. The zero-order chi connectivity index (χ0) is 8.97. The van der Waals surface area contributed by atoms with E-state index in [2.05, 4.69) is 19.9 Å². The second-order valence-corrected chi connectivity index (χ2v) is 2.02. The lowest BCUT2D eigenvalue weighted by atomic mass is 10.1. The van der Waals surface area contributed by atoms with Gasteiger partial charge in [-0.3, -0.25) is 0 Å². The molecule has 1 aromatic rings. The van der Waals surface area contributed by atoms with Crippen LogP contribution in [0.25, 0.3) is 0 Å². The van der Waals surface area contributed by atoms with Crippen LogP contribution >= 0.6 is 0 Å². The van der Waals surface area contributed by atoms with Crippen molar-refractivity contribution in [2.24, 2.45) is 0 Å². The summed E-state index contributed by atoms with van der Waals surface area (Å²) >= 11 is 0. The molecule has 0 unspecified atom stereocenters. The molecule has 1 heterocycles. The Morgan fingerprint density at radius 1 is 1.67 bits per heavy atom. The Kier molecular flexibility index (Phi) is 2.93. The molecule has 3 N–H and O–H groups in total. The third-order valence-corrected chi connectivity index (χ3v) is 1.14. The molecule has 0 bridgehead atoms. The van der Waals surface area contributed by atoms with Crippen molar-refractivity contribution < 1.29 is 4.65 Å². The quantitative estimate of drug-likeness (QED) is 0.408. The minimum Gasteiger partial charge on any atom is -0.432 e. The fourth-order valence-corrected chi connectivity index (χ4v) is 0.664. The summed E-state index contributed by atoms with van der Waals surface area (Å²) in [6.07, 6.45) is 1.38. The van der Waals surface area contributed by atoms with Gasteiger partial charge in [-0.1, -0.05) is 0 Å². The number of nitrogen functional groups attached to an aromatic ring is 1. The normalized spacial score (nSPS) is 9.67. The number of anilines is 2. The zero-order valence-corrected chi connectivity index (χ0v) is 6.32. The first-order valence-corrected chi connectivity index (χ1v) is 3.17. The molecule has 0 saturated carbocycles. The van der Waals surface area contributed by atoms with Gasteiger partial charge in [0, 0.05) is 11.8 Å². The molecule has 0 atom stereocenters. The van der Waals surface area contributed by atoms with Crippen LogP contribution in [0.4, 0.5) is 11.6 Å². The van der Waals surface area contributed by atoms with E-state index in [-0.39, 0.29) is 18.1 Å². The lowest BCUT2D eigenvalue weighted by Crippen LogP contribution is -2.16. The van der Waals surface area contributed by atoms with E-state index in [1.54, 1.807) is 0 Å². The monoisotopic (exact) mass is 160 g/mol. The number of rotatable bonds is 3. The predicted molar refractivity (Wildman–Crippen MR) is 47.2 cm³/mol. The summed E-state index contributed by atoms with van der Waals surface area (Å²) in [5.74, 6) is 0.613. The van der Waals surface area contributed by atoms with Crippen molar-refractivity contribution in [1.82, 2.24) is 9.97 Å². The molecule has 1 rings (SSSR count). The van der Waals surface area contributed by atoms with Crippen molar-refractivity contribution in [3.8, 4) is 0 Å². The summed E-state index contributed by atoms with van der Waals surface area (Å²) in [6, 6.07) is 0. The second kappa shape index (κ2) is 3.96. The van der Waals surface area contributed by atoms with Crippen LogP contribution in [-0.2, 0) is 4.65 Å². The van der Waals surface area contributed by atoms with E-state index in [0.717, 1.165) is 0 Å². The largest absolute Gasteiger partial charge is 0.432 e. The Hall–Kier alpha value is -1.23. The fourth-order valence-electron chi connectivity index (χ4n) is 0.664. The highest BCUT2D eigenvalue weighted by molar-refractivity contribution is 6.30.